The first-order chi connectivity index (χ1) is 10.2. The molecule has 2 aromatic rings. The summed E-state index contributed by atoms with van der Waals surface area (Å²) in [7, 11) is 0. The Morgan fingerprint density at radius 3 is 2.76 bits per heavy atom. The van der Waals surface area contributed by atoms with E-state index in [0.29, 0.717) is 21.5 Å². The van der Waals surface area contributed by atoms with Crippen LogP contribution in [-0.2, 0) is 4.79 Å². The van der Waals surface area contributed by atoms with Crippen LogP contribution < -0.4 is 0 Å². The largest absolute Gasteiger partial charge is 0.293 e. The Morgan fingerprint density at radius 2 is 2.10 bits per heavy atom. The molecule has 1 fully saturated rings. The summed E-state index contributed by atoms with van der Waals surface area (Å²) in [5, 5.41) is 8.56. The molecule has 3 rings (SSSR count). The molecule has 2 heterocycles. The molecule has 0 saturated carbocycles. The number of carbonyl (C=O) groups is 1. The molecular formula is C14H12N4OS2. The third-order valence-corrected chi connectivity index (χ3v) is 4.34. The molecule has 0 atom stereocenters. The Hall–Kier alpha value is -1.99. The zero-order valence-corrected chi connectivity index (χ0v) is 12.9. The van der Waals surface area contributed by atoms with Crippen LogP contribution in [0, 0.1) is 0 Å². The van der Waals surface area contributed by atoms with E-state index >= 15 is 0 Å². The normalized spacial score (nSPS) is 17.0. The molecule has 0 unspecified atom stereocenters. The van der Waals surface area contributed by atoms with Gasteiger partial charge in [-0.3, -0.25) is 9.69 Å². The lowest BCUT2D eigenvalue weighted by atomic mass is 10.3. The summed E-state index contributed by atoms with van der Waals surface area (Å²) >= 11 is 6.48. The summed E-state index contributed by atoms with van der Waals surface area (Å²) in [6.07, 6.45) is 3.35. The Bertz CT molecular complexity index is 724. The molecule has 7 heteroatoms. The lowest BCUT2D eigenvalue weighted by molar-refractivity contribution is -0.121. The molecule has 21 heavy (non-hydrogen) atoms. The second kappa shape index (κ2) is 5.79. The van der Waals surface area contributed by atoms with Gasteiger partial charge in [0.2, 0.25) is 0 Å². The minimum Gasteiger partial charge on any atom is -0.293 e. The highest BCUT2D eigenvalue weighted by molar-refractivity contribution is 8.26. The van der Waals surface area contributed by atoms with Gasteiger partial charge < -0.3 is 0 Å². The van der Waals surface area contributed by atoms with E-state index in [4.69, 9.17) is 12.2 Å². The number of rotatable bonds is 3. The van der Waals surface area contributed by atoms with Gasteiger partial charge >= 0.3 is 0 Å². The summed E-state index contributed by atoms with van der Waals surface area (Å²) in [5.41, 5.74) is 1.51. The molecule has 1 aromatic carbocycles. The van der Waals surface area contributed by atoms with Crippen LogP contribution in [0.2, 0.25) is 0 Å². The molecule has 1 amide bonds. The number of likely N-dealkylation sites (N-methyl/N-ethyl adjacent to an activating group) is 1. The maximum Gasteiger partial charge on any atom is 0.266 e. The SMILES string of the molecule is CCN1C(=O)/C(=C\c2cnn(-c3ccccc3)n2)SC1=S. The van der Waals surface area contributed by atoms with Gasteiger partial charge in [0.25, 0.3) is 5.91 Å². The zero-order valence-electron chi connectivity index (χ0n) is 11.3. The number of para-hydroxylation sites is 1. The van der Waals surface area contributed by atoms with E-state index in [2.05, 4.69) is 10.2 Å². The van der Waals surface area contributed by atoms with Gasteiger partial charge in [0.05, 0.1) is 16.8 Å². The number of aromatic nitrogens is 3. The molecule has 0 bridgehead atoms. The van der Waals surface area contributed by atoms with Crippen molar-refractivity contribution in [1.29, 1.82) is 0 Å². The maximum absolute atomic E-state index is 12.1. The quantitative estimate of drug-likeness (QED) is 0.643. The molecular weight excluding hydrogens is 304 g/mol. The van der Waals surface area contributed by atoms with E-state index in [-0.39, 0.29) is 5.91 Å². The van der Waals surface area contributed by atoms with Gasteiger partial charge in [-0.15, -0.1) is 5.10 Å². The molecule has 1 aliphatic rings. The highest BCUT2D eigenvalue weighted by Crippen LogP contribution is 2.31. The Balaban J connectivity index is 1.87. The average molecular weight is 316 g/mol. The number of benzene rings is 1. The molecule has 1 saturated heterocycles. The number of hydrogen-bond acceptors (Lipinski definition) is 5. The Labute approximate surface area is 131 Å². The molecule has 5 nitrogen and oxygen atoms in total. The second-order valence-corrected chi connectivity index (χ2v) is 6.00. The van der Waals surface area contributed by atoms with Crippen molar-refractivity contribution in [2.24, 2.45) is 0 Å². The molecule has 0 radical (unpaired) electrons. The number of carbonyl (C=O) groups excluding carboxylic acids is 1. The smallest absolute Gasteiger partial charge is 0.266 e. The van der Waals surface area contributed by atoms with Gasteiger partial charge in [0, 0.05) is 6.54 Å². The summed E-state index contributed by atoms with van der Waals surface area (Å²) < 4.78 is 0.587. The third-order valence-electron chi connectivity index (χ3n) is 2.97. The highest BCUT2D eigenvalue weighted by atomic mass is 32.2. The number of thiocarbonyl (C=S) groups is 1. The van der Waals surface area contributed by atoms with Gasteiger partial charge in [0.1, 0.15) is 10.0 Å². The van der Waals surface area contributed by atoms with E-state index in [9.17, 15) is 4.79 Å². The van der Waals surface area contributed by atoms with E-state index in [0.717, 1.165) is 5.69 Å². The molecule has 106 valence electrons. The Kier molecular flexibility index (Phi) is 3.85. The lowest BCUT2D eigenvalue weighted by Crippen LogP contribution is -2.27. The van der Waals surface area contributed by atoms with Gasteiger partial charge in [-0.25, -0.2) is 0 Å². The van der Waals surface area contributed by atoms with Crippen LogP contribution in [0.5, 0.6) is 0 Å². The lowest BCUT2D eigenvalue weighted by Gasteiger charge is -2.09. The van der Waals surface area contributed by atoms with Crippen molar-refractivity contribution in [3.63, 3.8) is 0 Å². The first kappa shape index (κ1) is 14.0. The van der Waals surface area contributed by atoms with E-state index in [1.165, 1.54) is 16.6 Å². The summed E-state index contributed by atoms with van der Waals surface area (Å²) in [6.45, 7) is 2.48. The molecule has 1 aliphatic heterocycles. The monoisotopic (exact) mass is 316 g/mol. The fourth-order valence-electron chi connectivity index (χ4n) is 1.93. The second-order valence-electron chi connectivity index (χ2n) is 4.32. The standard InChI is InChI=1S/C14H12N4OS2/c1-2-17-13(19)12(21-14(17)20)8-10-9-15-18(16-10)11-6-4-3-5-7-11/h3-9H,2H2,1H3/b12-8+. The van der Waals surface area contributed by atoms with Crippen molar-refractivity contribution in [2.45, 2.75) is 6.92 Å². The maximum atomic E-state index is 12.1. The predicted molar refractivity (Wildman–Crippen MR) is 86.9 cm³/mol. The van der Waals surface area contributed by atoms with Crippen LogP contribution in [0.4, 0.5) is 0 Å². The summed E-state index contributed by atoms with van der Waals surface area (Å²) in [6, 6.07) is 9.61. The van der Waals surface area contributed by atoms with Gasteiger partial charge in [0.15, 0.2) is 0 Å². The highest BCUT2D eigenvalue weighted by Gasteiger charge is 2.30. The van der Waals surface area contributed by atoms with Crippen LogP contribution >= 0.6 is 24.0 Å². The summed E-state index contributed by atoms with van der Waals surface area (Å²) in [5.74, 6) is -0.0678. The van der Waals surface area contributed by atoms with Crippen molar-refractivity contribution >= 4 is 40.3 Å². The van der Waals surface area contributed by atoms with Crippen molar-refractivity contribution in [3.05, 3.63) is 47.1 Å². The summed E-state index contributed by atoms with van der Waals surface area (Å²) in [4.78, 5) is 15.8. The van der Waals surface area contributed by atoms with Crippen LogP contribution in [0.15, 0.2) is 41.4 Å². The van der Waals surface area contributed by atoms with Crippen LogP contribution in [-0.4, -0.2) is 36.7 Å². The van der Waals surface area contributed by atoms with Crippen molar-refractivity contribution in [2.75, 3.05) is 6.54 Å². The minimum atomic E-state index is -0.0678. The number of hydrogen-bond donors (Lipinski definition) is 0. The molecule has 0 N–H and O–H groups in total. The topological polar surface area (TPSA) is 51.0 Å². The van der Waals surface area contributed by atoms with Crippen molar-refractivity contribution < 1.29 is 4.79 Å². The first-order valence-electron chi connectivity index (χ1n) is 6.42. The third kappa shape index (κ3) is 2.74. The van der Waals surface area contributed by atoms with Crippen LogP contribution in [0.1, 0.15) is 12.6 Å². The number of nitrogens with zero attached hydrogens (tertiary/aromatic N) is 4. The van der Waals surface area contributed by atoms with Gasteiger partial charge in [-0.1, -0.05) is 42.2 Å². The van der Waals surface area contributed by atoms with Crippen LogP contribution in [0.3, 0.4) is 0 Å². The van der Waals surface area contributed by atoms with Gasteiger partial charge in [-0.2, -0.15) is 9.90 Å². The van der Waals surface area contributed by atoms with Crippen molar-refractivity contribution in [3.8, 4) is 5.69 Å². The fourth-order valence-corrected chi connectivity index (χ4v) is 3.30. The van der Waals surface area contributed by atoms with Crippen molar-refractivity contribution in [1.82, 2.24) is 19.9 Å². The molecule has 0 spiro atoms. The van der Waals surface area contributed by atoms with E-state index in [1.54, 1.807) is 17.2 Å². The first-order valence-corrected chi connectivity index (χ1v) is 7.64. The van der Waals surface area contributed by atoms with Crippen LogP contribution in [0.25, 0.3) is 11.8 Å². The van der Waals surface area contributed by atoms with Gasteiger partial charge in [-0.05, 0) is 25.1 Å². The fraction of sp³-hybridized carbons (Fsp3) is 0.143. The molecule has 0 aliphatic carbocycles. The predicted octanol–water partition coefficient (Wildman–Crippen LogP) is 2.49. The van der Waals surface area contributed by atoms with E-state index < -0.39 is 0 Å². The molecule has 1 aromatic heterocycles. The Morgan fingerprint density at radius 1 is 1.33 bits per heavy atom. The average Bonchev–Trinajstić information content (AvgIpc) is 3.06. The van der Waals surface area contributed by atoms with E-state index in [1.807, 2.05) is 37.3 Å². The number of amides is 1. The zero-order chi connectivity index (χ0) is 14.8. The number of thioether (sulfide) groups is 1. The minimum absolute atomic E-state index is 0.0678.